The van der Waals surface area contributed by atoms with Crippen molar-refractivity contribution in [1.82, 2.24) is 25.3 Å². The van der Waals surface area contributed by atoms with Crippen LogP contribution in [0.3, 0.4) is 0 Å². The molecule has 1 spiro atoms. The molecule has 8 rings (SSSR count). The molecular weight excluding hydrogens is 693 g/mol. The summed E-state index contributed by atoms with van der Waals surface area (Å²) < 4.78 is 0. The van der Waals surface area contributed by atoms with Gasteiger partial charge >= 0.3 is 0 Å². The van der Waals surface area contributed by atoms with Crippen LogP contribution in [0.25, 0.3) is 0 Å². The molecule has 3 aromatic rings. The number of benzene rings is 2. The van der Waals surface area contributed by atoms with Crippen molar-refractivity contribution in [2.45, 2.75) is 64.0 Å². The van der Waals surface area contributed by atoms with Crippen molar-refractivity contribution in [3.05, 3.63) is 71.9 Å². The average Bonchev–Trinajstić information content (AvgIpc) is 3.54. The Bertz CT molecular complexity index is 1890. The molecule has 1 aromatic heterocycles. The zero-order valence-corrected chi connectivity index (χ0v) is 31.8. The normalized spacial score (nSPS) is 23.5. The van der Waals surface area contributed by atoms with Crippen molar-refractivity contribution >= 4 is 40.6 Å². The number of carbonyl (C=O) groups excluding carboxylic acids is 3. The molecule has 5 fully saturated rings. The van der Waals surface area contributed by atoms with Gasteiger partial charge in [-0.25, -0.2) is 0 Å². The molecule has 2 atom stereocenters. The summed E-state index contributed by atoms with van der Waals surface area (Å²) in [5, 5.41) is 23.9. The van der Waals surface area contributed by atoms with Crippen LogP contribution in [-0.2, 0) is 9.59 Å². The Morgan fingerprint density at radius 3 is 2.35 bits per heavy atom. The Balaban J connectivity index is 0.760. The molecule has 5 aliphatic heterocycles. The summed E-state index contributed by atoms with van der Waals surface area (Å²) in [6, 6.07) is 22.3. The summed E-state index contributed by atoms with van der Waals surface area (Å²) in [4.78, 5) is 48.9. The molecule has 0 unspecified atom stereocenters. The lowest BCUT2D eigenvalue weighted by Crippen LogP contribution is -2.49. The molecular formula is C42H52N10O3. The van der Waals surface area contributed by atoms with E-state index >= 15 is 0 Å². The fourth-order valence-electron chi connectivity index (χ4n) is 9.43. The van der Waals surface area contributed by atoms with E-state index in [2.05, 4.69) is 77.7 Å². The third kappa shape index (κ3) is 8.25. The highest BCUT2D eigenvalue weighted by Crippen LogP contribution is 2.45. The van der Waals surface area contributed by atoms with E-state index in [0.717, 1.165) is 115 Å². The molecule has 6 heterocycles. The number of rotatable bonds is 8. The van der Waals surface area contributed by atoms with Crippen molar-refractivity contribution in [3.63, 3.8) is 0 Å². The van der Waals surface area contributed by atoms with Crippen LogP contribution in [0.2, 0.25) is 0 Å². The maximum Gasteiger partial charge on any atom is 0.274 e. The molecule has 55 heavy (non-hydrogen) atoms. The van der Waals surface area contributed by atoms with Crippen LogP contribution in [0.15, 0.2) is 60.7 Å². The summed E-state index contributed by atoms with van der Waals surface area (Å²) in [6.07, 6.45) is 6.19. The Labute approximate surface area is 323 Å². The SMILES string of the molecule is C[C@@H]1CC2(CCN(c3ccc(C(=O)N4CCC(CN5CCN(c6cccc(N[C@H]7CCC(=O)NC7=O)c6)CC5)CC4)nn3)CC2)CN1c1ccc(C#N)cc1. The van der Waals surface area contributed by atoms with Gasteiger partial charge in [0.25, 0.3) is 5.91 Å². The van der Waals surface area contributed by atoms with Crippen LogP contribution in [0.5, 0.6) is 0 Å². The number of nitriles is 1. The van der Waals surface area contributed by atoms with Crippen LogP contribution in [0, 0.1) is 22.7 Å². The fourth-order valence-corrected chi connectivity index (χ4v) is 9.43. The summed E-state index contributed by atoms with van der Waals surface area (Å²) in [7, 11) is 0. The molecule has 13 nitrogen and oxygen atoms in total. The first-order valence-electron chi connectivity index (χ1n) is 20.1. The van der Waals surface area contributed by atoms with Crippen LogP contribution in [0.1, 0.15) is 67.9 Å². The Morgan fingerprint density at radius 2 is 1.65 bits per heavy atom. The molecule has 2 aromatic carbocycles. The minimum Gasteiger partial charge on any atom is -0.374 e. The predicted octanol–water partition coefficient (Wildman–Crippen LogP) is 4.13. The van der Waals surface area contributed by atoms with Gasteiger partial charge in [0.1, 0.15) is 6.04 Å². The van der Waals surface area contributed by atoms with Gasteiger partial charge in [0.2, 0.25) is 11.8 Å². The number of carbonyl (C=O) groups is 3. The molecule has 0 saturated carbocycles. The fraction of sp³-hybridized carbons (Fsp3) is 0.524. The summed E-state index contributed by atoms with van der Waals surface area (Å²) in [5.41, 5.74) is 4.61. The monoisotopic (exact) mass is 744 g/mol. The number of likely N-dealkylation sites (tertiary alicyclic amines) is 1. The number of piperidine rings is 3. The third-order valence-electron chi connectivity index (χ3n) is 12.7. The molecule has 2 N–H and O–H groups in total. The number of nitrogens with one attached hydrogen (secondary N) is 2. The highest BCUT2D eigenvalue weighted by Gasteiger charge is 2.44. The van der Waals surface area contributed by atoms with Gasteiger partial charge in [-0.15, -0.1) is 10.2 Å². The first-order valence-corrected chi connectivity index (χ1v) is 20.1. The van der Waals surface area contributed by atoms with Gasteiger partial charge in [-0.2, -0.15) is 5.26 Å². The van der Waals surface area contributed by atoms with E-state index in [1.807, 2.05) is 41.3 Å². The van der Waals surface area contributed by atoms with E-state index in [4.69, 9.17) is 0 Å². The highest BCUT2D eigenvalue weighted by molar-refractivity contribution is 6.01. The topological polar surface area (TPSA) is 141 Å². The standard InChI is InChI=1S/C42H52N10O3/c1-30-26-42(29-52(30)34-7-5-31(27-43)6-8-34)15-19-50(20-16-42)38-11-9-37(46-47-38)41(55)51-17-13-32(14-18-51)28-48-21-23-49(24-22-48)35-4-2-3-33(25-35)44-36-10-12-39(53)45-40(36)54/h2-9,11,25,30,32,36,44H,10,12-24,26,28-29H2,1H3,(H,45,53,54)/t30-,36+/m1/s1. The van der Waals surface area contributed by atoms with Gasteiger partial charge < -0.3 is 24.9 Å². The van der Waals surface area contributed by atoms with Gasteiger partial charge in [-0.1, -0.05) is 6.07 Å². The minimum absolute atomic E-state index is 0.0270. The maximum absolute atomic E-state index is 13.4. The predicted molar refractivity (Wildman–Crippen MR) is 212 cm³/mol. The number of anilines is 4. The molecule has 0 aliphatic carbocycles. The van der Waals surface area contributed by atoms with Crippen molar-refractivity contribution in [2.75, 3.05) is 85.5 Å². The highest BCUT2D eigenvalue weighted by atomic mass is 16.2. The Morgan fingerprint density at radius 1 is 0.891 bits per heavy atom. The molecule has 288 valence electrons. The van der Waals surface area contributed by atoms with E-state index in [1.54, 1.807) is 0 Å². The maximum atomic E-state index is 13.4. The summed E-state index contributed by atoms with van der Waals surface area (Å²) in [6.45, 7) is 11.6. The largest absolute Gasteiger partial charge is 0.374 e. The first kappa shape index (κ1) is 36.7. The Kier molecular flexibility index (Phi) is 10.6. The van der Waals surface area contributed by atoms with Gasteiger partial charge in [0.15, 0.2) is 11.5 Å². The van der Waals surface area contributed by atoms with Gasteiger partial charge in [-0.3, -0.25) is 24.6 Å². The number of imide groups is 1. The van der Waals surface area contributed by atoms with Crippen LogP contribution < -0.4 is 25.3 Å². The van der Waals surface area contributed by atoms with Crippen LogP contribution >= 0.6 is 0 Å². The molecule has 13 heteroatoms. The smallest absolute Gasteiger partial charge is 0.274 e. The summed E-state index contributed by atoms with van der Waals surface area (Å²) in [5.74, 6) is 0.912. The van der Waals surface area contributed by atoms with Crippen molar-refractivity contribution in [1.29, 1.82) is 5.26 Å². The number of nitrogens with zero attached hydrogens (tertiary/aromatic N) is 8. The molecule has 5 saturated heterocycles. The van der Waals surface area contributed by atoms with E-state index in [9.17, 15) is 19.6 Å². The van der Waals surface area contributed by atoms with Crippen molar-refractivity contribution in [3.8, 4) is 6.07 Å². The van der Waals surface area contributed by atoms with Gasteiger partial charge in [0, 0.05) is 95.0 Å². The first-order chi connectivity index (χ1) is 26.7. The lowest BCUT2D eigenvalue weighted by Gasteiger charge is -2.40. The van der Waals surface area contributed by atoms with Crippen molar-refractivity contribution < 1.29 is 14.4 Å². The second kappa shape index (κ2) is 15.9. The minimum atomic E-state index is -0.393. The molecule has 0 radical (unpaired) electrons. The average molecular weight is 745 g/mol. The van der Waals surface area contributed by atoms with E-state index in [-0.39, 0.29) is 23.1 Å². The van der Waals surface area contributed by atoms with Crippen LogP contribution in [0.4, 0.5) is 22.9 Å². The number of hydrogen-bond donors (Lipinski definition) is 2. The Hall–Kier alpha value is -5.22. The molecule has 5 aliphatic rings. The zero-order chi connectivity index (χ0) is 37.9. The zero-order valence-electron chi connectivity index (χ0n) is 31.8. The van der Waals surface area contributed by atoms with Gasteiger partial charge in [-0.05, 0) is 111 Å². The molecule has 0 bridgehead atoms. The van der Waals surface area contributed by atoms with E-state index in [0.29, 0.717) is 36.1 Å². The van der Waals surface area contributed by atoms with Crippen molar-refractivity contribution in [2.24, 2.45) is 11.3 Å². The van der Waals surface area contributed by atoms with Crippen LogP contribution in [-0.4, -0.2) is 115 Å². The second-order valence-electron chi connectivity index (χ2n) is 16.3. The number of amides is 3. The molecule has 3 amide bonds. The third-order valence-corrected chi connectivity index (χ3v) is 12.7. The second-order valence-corrected chi connectivity index (χ2v) is 16.3. The lowest BCUT2D eigenvalue weighted by atomic mass is 9.77. The van der Waals surface area contributed by atoms with E-state index < -0.39 is 6.04 Å². The summed E-state index contributed by atoms with van der Waals surface area (Å²) >= 11 is 0. The van der Waals surface area contributed by atoms with Gasteiger partial charge in [0.05, 0.1) is 11.6 Å². The quantitative estimate of drug-likeness (QED) is 0.322. The number of hydrogen-bond acceptors (Lipinski definition) is 11. The van der Waals surface area contributed by atoms with E-state index in [1.165, 1.54) is 5.69 Å². The number of piperazine rings is 1. The lowest BCUT2D eigenvalue weighted by molar-refractivity contribution is -0.133. The number of aromatic nitrogens is 2.